The van der Waals surface area contributed by atoms with Gasteiger partial charge in [-0.15, -0.1) is 11.3 Å². The van der Waals surface area contributed by atoms with Gasteiger partial charge in [0.05, 0.1) is 13.0 Å². The molecule has 0 aliphatic carbocycles. The van der Waals surface area contributed by atoms with Crippen molar-refractivity contribution in [1.82, 2.24) is 4.90 Å². The van der Waals surface area contributed by atoms with Crippen LogP contribution in [0.3, 0.4) is 0 Å². The number of Topliss-reactive ketones (excluding diaryl/α,β-unsaturated/α-hetero) is 1. The van der Waals surface area contributed by atoms with E-state index in [1.807, 2.05) is 11.4 Å². The summed E-state index contributed by atoms with van der Waals surface area (Å²) in [6.07, 6.45) is 0.0838. The Morgan fingerprint density at radius 1 is 1.44 bits per heavy atom. The van der Waals surface area contributed by atoms with E-state index >= 15 is 0 Å². The monoisotopic (exact) mass is 237 g/mol. The van der Waals surface area contributed by atoms with Gasteiger partial charge in [0.15, 0.2) is 5.78 Å². The number of hydrogen-bond acceptors (Lipinski definition) is 3. The maximum Gasteiger partial charge on any atom is 0.230 e. The van der Waals surface area contributed by atoms with Gasteiger partial charge in [-0.25, -0.2) is 0 Å². The van der Waals surface area contributed by atoms with Crippen LogP contribution >= 0.6 is 11.3 Å². The molecule has 0 atom stereocenters. The van der Waals surface area contributed by atoms with Gasteiger partial charge in [0.25, 0.3) is 0 Å². The average Bonchev–Trinajstić information content (AvgIpc) is 2.76. The Kier molecular flexibility index (Phi) is 2.84. The number of ketones is 1. The van der Waals surface area contributed by atoms with Crippen molar-refractivity contribution >= 4 is 23.0 Å². The van der Waals surface area contributed by atoms with E-state index in [4.69, 9.17) is 0 Å². The second-order valence-corrected chi connectivity index (χ2v) is 5.77. The lowest BCUT2D eigenvalue weighted by Gasteiger charge is -2.28. The summed E-state index contributed by atoms with van der Waals surface area (Å²) in [6, 6.07) is 4.09. The van der Waals surface area contributed by atoms with Gasteiger partial charge in [0.1, 0.15) is 0 Å². The van der Waals surface area contributed by atoms with Crippen molar-refractivity contribution in [2.24, 2.45) is 0 Å². The number of carbonyl (C=O) groups excluding carboxylic acids is 2. The van der Waals surface area contributed by atoms with Crippen LogP contribution in [0.5, 0.6) is 0 Å². The maximum absolute atomic E-state index is 11.5. The second kappa shape index (κ2) is 4.01. The summed E-state index contributed by atoms with van der Waals surface area (Å²) < 4.78 is 0. The third kappa shape index (κ3) is 2.16. The average molecular weight is 237 g/mol. The highest BCUT2D eigenvalue weighted by Crippen LogP contribution is 2.29. The molecular weight excluding hydrogens is 222 g/mol. The first kappa shape index (κ1) is 11.3. The molecule has 1 aromatic rings. The van der Waals surface area contributed by atoms with Crippen LogP contribution in [0.1, 0.15) is 25.1 Å². The molecule has 2 rings (SSSR count). The highest BCUT2D eigenvalue weighted by atomic mass is 32.1. The summed E-state index contributed by atoms with van der Waals surface area (Å²) in [5, 5.41) is 2.04. The smallest absolute Gasteiger partial charge is 0.230 e. The Labute approximate surface area is 99.1 Å². The first-order valence-corrected chi connectivity index (χ1v) is 6.20. The first-order valence-electron chi connectivity index (χ1n) is 5.32. The number of carbonyl (C=O) groups is 2. The molecule has 0 bridgehead atoms. The van der Waals surface area contributed by atoms with Gasteiger partial charge in [-0.1, -0.05) is 19.9 Å². The van der Waals surface area contributed by atoms with Crippen molar-refractivity contribution in [3.05, 3.63) is 22.4 Å². The zero-order chi connectivity index (χ0) is 11.8. The molecule has 1 saturated heterocycles. The summed E-state index contributed by atoms with van der Waals surface area (Å²) in [7, 11) is 0. The number of hydrogen-bond donors (Lipinski definition) is 0. The third-order valence-corrected chi connectivity index (χ3v) is 4.08. The van der Waals surface area contributed by atoms with Crippen molar-refractivity contribution in [2.75, 3.05) is 13.1 Å². The summed E-state index contributed by atoms with van der Waals surface area (Å²) in [5.41, 5.74) is -0.0750. The minimum Gasteiger partial charge on any atom is -0.334 e. The molecular formula is C12H15NO2S. The standard InChI is InChI=1S/C12H15NO2S/c1-12(2,10-4-3-5-16-10)8-13-7-9(14)6-11(13)15/h3-5H,6-8H2,1-2H3. The second-order valence-electron chi connectivity index (χ2n) is 4.83. The van der Waals surface area contributed by atoms with E-state index < -0.39 is 0 Å². The fourth-order valence-electron chi connectivity index (χ4n) is 2.00. The summed E-state index contributed by atoms with van der Waals surface area (Å²) >= 11 is 1.69. The summed E-state index contributed by atoms with van der Waals surface area (Å²) in [5.74, 6) is 0.00149. The van der Waals surface area contributed by atoms with Gasteiger partial charge in [0, 0.05) is 16.8 Å². The van der Waals surface area contributed by atoms with E-state index in [0.29, 0.717) is 6.54 Å². The summed E-state index contributed by atoms with van der Waals surface area (Å²) in [6.45, 7) is 5.12. The predicted octanol–water partition coefficient (Wildman–Crippen LogP) is 1.83. The van der Waals surface area contributed by atoms with Crippen LogP contribution in [0.15, 0.2) is 17.5 Å². The lowest BCUT2D eigenvalue weighted by Crippen LogP contribution is -2.37. The molecule has 1 aliphatic heterocycles. The number of rotatable bonds is 3. The number of thiophene rings is 1. The molecule has 0 unspecified atom stereocenters. The third-order valence-electron chi connectivity index (χ3n) is 2.84. The van der Waals surface area contributed by atoms with Crippen LogP contribution in [-0.4, -0.2) is 29.7 Å². The van der Waals surface area contributed by atoms with Crippen LogP contribution in [0.25, 0.3) is 0 Å². The molecule has 1 aromatic heterocycles. The topological polar surface area (TPSA) is 37.4 Å². The highest BCUT2D eigenvalue weighted by Gasteiger charge is 2.33. The lowest BCUT2D eigenvalue weighted by molar-refractivity contribution is -0.128. The number of nitrogens with zero attached hydrogens (tertiary/aromatic N) is 1. The zero-order valence-electron chi connectivity index (χ0n) is 9.53. The molecule has 1 amide bonds. The molecule has 0 spiro atoms. The van der Waals surface area contributed by atoms with Gasteiger partial charge in [-0.3, -0.25) is 9.59 Å². The molecule has 86 valence electrons. The summed E-state index contributed by atoms with van der Waals surface area (Å²) in [4.78, 5) is 25.6. The Bertz CT molecular complexity index is 409. The van der Waals surface area contributed by atoms with E-state index in [0.717, 1.165) is 0 Å². The van der Waals surface area contributed by atoms with Crippen LogP contribution in [0.4, 0.5) is 0 Å². The van der Waals surface area contributed by atoms with Gasteiger partial charge in [0.2, 0.25) is 5.91 Å². The van der Waals surface area contributed by atoms with Gasteiger partial charge in [-0.2, -0.15) is 0 Å². The molecule has 1 aliphatic rings. The first-order chi connectivity index (χ1) is 7.49. The maximum atomic E-state index is 11.5. The van der Waals surface area contributed by atoms with E-state index in [9.17, 15) is 9.59 Å². The van der Waals surface area contributed by atoms with Crippen molar-refractivity contribution in [3.63, 3.8) is 0 Å². The van der Waals surface area contributed by atoms with Crippen LogP contribution in [0.2, 0.25) is 0 Å². The molecule has 0 aromatic carbocycles. The minimum absolute atomic E-state index is 0.0327. The minimum atomic E-state index is -0.0750. The van der Waals surface area contributed by atoms with Crippen LogP contribution < -0.4 is 0 Å². The van der Waals surface area contributed by atoms with Crippen molar-refractivity contribution in [1.29, 1.82) is 0 Å². The van der Waals surface area contributed by atoms with Crippen molar-refractivity contribution in [2.45, 2.75) is 25.7 Å². The molecule has 0 radical (unpaired) electrons. The van der Waals surface area contributed by atoms with Crippen LogP contribution in [-0.2, 0) is 15.0 Å². The Morgan fingerprint density at radius 2 is 2.19 bits per heavy atom. The van der Waals surface area contributed by atoms with E-state index in [-0.39, 0.29) is 30.1 Å². The van der Waals surface area contributed by atoms with Crippen molar-refractivity contribution in [3.8, 4) is 0 Å². The Morgan fingerprint density at radius 3 is 2.69 bits per heavy atom. The highest BCUT2D eigenvalue weighted by molar-refractivity contribution is 7.10. The van der Waals surface area contributed by atoms with Crippen LogP contribution in [0, 0.1) is 0 Å². The zero-order valence-corrected chi connectivity index (χ0v) is 10.3. The molecule has 0 saturated carbocycles. The number of amides is 1. The normalized spacial score (nSPS) is 17.2. The van der Waals surface area contributed by atoms with E-state index in [1.165, 1.54) is 4.88 Å². The van der Waals surface area contributed by atoms with Crippen molar-refractivity contribution < 1.29 is 9.59 Å². The molecule has 16 heavy (non-hydrogen) atoms. The molecule has 3 nitrogen and oxygen atoms in total. The largest absolute Gasteiger partial charge is 0.334 e. The predicted molar refractivity (Wildman–Crippen MR) is 63.5 cm³/mol. The molecule has 4 heteroatoms. The fourth-order valence-corrected chi connectivity index (χ4v) is 2.84. The molecule has 2 heterocycles. The lowest BCUT2D eigenvalue weighted by atomic mass is 9.91. The molecule has 0 N–H and O–H groups in total. The Hall–Kier alpha value is -1.16. The Balaban J connectivity index is 2.10. The van der Waals surface area contributed by atoms with E-state index in [1.54, 1.807) is 16.2 Å². The van der Waals surface area contributed by atoms with Gasteiger partial charge in [-0.05, 0) is 11.4 Å². The SMILES string of the molecule is CC(C)(CN1CC(=O)CC1=O)c1cccs1. The van der Waals surface area contributed by atoms with Gasteiger partial charge >= 0.3 is 0 Å². The fraction of sp³-hybridized carbons (Fsp3) is 0.500. The molecule has 1 fully saturated rings. The van der Waals surface area contributed by atoms with Gasteiger partial charge < -0.3 is 4.90 Å². The number of likely N-dealkylation sites (tertiary alicyclic amines) is 1. The van der Waals surface area contributed by atoms with E-state index in [2.05, 4.69) is 19.9 Å². The quantitative estimate of drug-likeness (QED) is 0.752.